The highest BCUT2D eigenvalue weighted by atomic mass is 79.9. The van der Waals surface area contributed by atoms with Crippen LogP contribution in [0.5, 0.6) is 5.88 Å². The molecule has 0 saturated heterocycles. The SMILES string of the molecule is COc1ncc([N+](=O)[O-])cc1C=CCCBr. The van der Waals surface area contributed by atoms with E-state index in [0.717, 1.165) is 11.8 Å². The van der Waals surface area contributed by atoms with E-state index in [1.165, 1.54) is 19.4 Å². The lowest BCUT2D eigenvalue weighted by Gasteiger charge is -2.02. The summed E-state index contributed by atoms with van der Waals surface area (Å²) in [5.41, 5.74) is 0.567. The highest BCUT2D eigenvalue weighted by Gasteiger charge is 2.10. The Morgan fingerprint density at radius 1 is 1.69 bits per heavy atom. The largest absolute Gasteiger partial charge is 0.481 e. The van der Waals surface area contributed by atoms with E-state index in [9.17, 15) is 10.1 Å². The van der Waals surface area contributed by atoms with Gasteiger partial charge in [-0.1, -0.05) is 28.1 Å². The summed E-state index contributed by atoms with van der Waals surface area (Å²) in [6, 6.07) is 1.44. The van der Waals surface area contributed by atoms with Gasteiger partial charge in [0, 0.05) is 17.0 Å². The van der Waals surface area contributed by atoms with Crippen LogP contribution < -0.4 is 4.74 Å². The molecule has 1 aromatic heterocycles. The standard InChI is InChI=1S/C10H11BrN2O3/c1-16-10-8(4-2-3-5-11)6-9(7-12-10)13(14)15/h2,4,6-7H,3,5H2,1H3. The topological polar surface area (TPSA) is 65.3 Å². The zero-order chi connectivity index (χ0) is 12.0. The first kappa shape index (κ1) is 12.6. The summed E-state index contributed by atoms with van der Waals surface area (Å²) < 4.78 is 5.01. The van der Waals surface area contributed by atoms with Crippen LogP contribution in [-0.2, 0) is 0 Å². The second kappa shape index (κ2) is 6.22. The first-order valence-electron chi connectivity index (χ1n) is 4.60. The van der Waals surface area contributed by atoms with Crippen molar-refractivity contribution in [2.45, 2.75) is 6.42 Å². The van der Waals surface area contributed by atoms with E-state index in [2.05, 4.69) is 20.9 Å². The Bertz CT molecular complexity index is 407. The molecule has 0 saturated carbocycles. The molecule has 0 N–H and O–H groups in total. The third-order valence-electron chi connectivity index (χ3n) is 1.84. The number of halogens is 1. The fourth-order valence-corrected chi connectivity index (χ4v) is 1.39. The van der Waals surface area contributed by atoms with Crippen LogP contribution in [0, 0.1) is 10.1 Å². The number of pyridine rings is 1. The summed E-state index contributed by atoms with van der Waals surface area (Å²) in [6.07, 6.45) is 5.69. The summed E-state index contributed by atoms with van der Waals surface area (Å²) >= 11 is 3.29. The van der Waals surface area contributed by atoms with E-state index in [-0.39, 0.29) is 5.69 Å². The van der Waals surface area contributed by atoms with Crippen LogP contribution in [0.2, 0.25) is 0 Å². The van der Waals surface area contributed by atoms with Crippen molar-refractivity contribution in [2.24, 2.45) is 0 Å². The normalized spacial score (nSPS) is 10.6. The van der Waals surface area contributed by atoms with Crippen LogP contribution in [-0.4, -0.2) is 22.3 Å². The Labute approximate surface area is 101 Å². The Hall–Kier alpha value is -1.43. The molecule has 1 aromatic rings. The van der Waals surface area contributed by atoms with Crippen molar-refractivity contribution in [3.63, 3.8) is 0 Å². The smallest absolute Gasteiger partial charge is 0.288 e. The summed E-state index contributed by atoms with van der Waals surface area (Å²) in [4.78, 5) is 14.0. The number of aromatic nitrogens is 1. The molecule has 0 amide bonds. The quantitative estimate of drug-likeness (QED) is 0.474. The summed E-state index contributed by atoms with van der Waals surface area (Å²) in [7, 11) is 1.48. The van der Waals surface area contributed by atoms with E-state index < -0.39 is 4.92 Å². The van der Waals surface area contributed by atoms with E-state index in [1.807, 2.05) is 6.08 Å². The van der Waals surface area contributed by atoms with Crippen molar-refractivity contribution in [1.29, 1.82) is 0 Å². The van der Waals surface area contributed by atoms with Gasteiger partial charge in [-0.2, -0.15) is 0 Å². The van der Waals surface area contributed by atoms with Gasteiger partial charge < -0.3 is 4.74 Å². The molecule has 0 aliphatic carbocycles. The van der Waals surface area contributed by atoms with Crippen LogP contribution in [0.1, 0.15) is 12.0 Å². The van der Waals surface area contributed by atoms with Crippen molar-refractivity contribution in [2.75, 3.05) is 12.4 Å². The van der Waals surface area contributed by atoms with E-state index >= 15 is 0 Å². The maximum Gasteiger partial charge on any atom is 0.288 e. The molecule has 1 rings (SSSR count). The van der Waals surface area contributed by atoms with Crippen LogP contribution in [0.25, 0.3) is 6.08 Å². The van der Waals surface area contributed by atoms with Gasteiger partial charge in [-0.05, 0) is 6.42 Å². The maximum absolute atomic E-state index is 10.6. The van der Waals surface area contributed by atoms with Gasteiger partial charge in [0.2, 0.25) is 5.88 Å². The summed E-state index contributed by atoms with van der Waals surface area (Å²) in [5.74, 6) is 0.386. The van der Waals surface area contributed by atoms with Crippen molar-refractivity contribution in [1.82, 2.24) is 4.98 Å². The summed E-state index contributed by atoms with van der Waals surface area (Å²) in [5, 5.41) is 11.4. The van der Waals surface area contributed by atoms with E-state index in [1.54, 1.807) is 6.08 Å². The molecular formula is C10H11BrN2O3. The lowest BCUT2D eigenvalue weighted by atomic mass is 10.2. The highest BCUT2D eigenvalue weighted by Crippen LogP contribution is 2.22. The van der Waals surface area contributed by atoms with Crippen LogP contribution in [0.15, 0.2) is 18.3 Å². The minimum atomic E-state index is -0.478. The number of nitro groups is 1. The zero-order valence-corrected chi connectivity index (χ0v) is 10.3. The van der Waals surface area contributed by atoms with Crippen LogP contribution >= 0.6 is 15.9 Å². The Morgan fingerprint density at radius 2 is 2.44 bits per heavy atom. The Morgan fingerprint density at radius 3 is 3.00 bits per heavy atom. The number of methoxy groups -OCH3 is 1. The molecule has 0 spiro atoms. The maximum atomic E-state index is 10.6. The van der Waals surface area contributed by atoms with Crippen LogP contribution in [0.4, 0.5) is 5.69 Å². The second-order valence-electron chi connectivity index (χ2n) is 2.93. The predicted octanol–water partition coefficient (Wildman–Crippen LogP) is 2.80. The van der Waals surface area contributed by atoms with Gasteiger partial charge >= 0.3 is 0 Å². The zero-order valence-electron chi connectivity index (χ0n) is 8.72. The molecule has 6 heteroatoms. The predicted molar refractivity (Wildman–Crippen MR) is 64.9 cm³/mol. The first-order chi connectivity index (χ1) is 7.69. The average Bonchev–Trinajstić information content (AvgIpc) is 2.29. The van der Waals surface area contributed by atoms with Gasteiger partial charge in [-0.15, -0.1) is 0 Å². The number of hydrogen-bond acceptors (Lipinski definition) is 4. The highest BCUT2D eigenvalue weighted by molar-refractivity contribution is 9.09. The third-order valence-corrected chi connectivity index (χ3v) is 2.30. The first-order valence-corrected chi connectivity index (χ1v) is 5.72. The number of hydrogen-bond donors (Lipinski definition) is 0. The van der Waals surface area contributed by atoms with Gasteiger partial charge in [0.15, 0.2) is 0 Å². The number of ether oxygens (including phenoxy) is 1. The van der Waals surface area contributed by atoms with Crippen molar-refractivity contribution >= 4 is 27.7 Å². The lowest BCUT2D eigenvalue weighted by molar-refractivity contribution is -0.385. The van der Waals surface area contributed by atoms with Gasteiger partial charge in [0.05, 0.1) is 12.0 Å². The molecule has 5 nitrogen and oxygen atoms in total. The Balaban J connectivity index is 3.02. The van der Waals surface area contributed by atoms with Gasteiger partial charge in [0.25, 0.3) is 5.69 Å². The van der Waals surface area contributed by atoms with E-state index in [4.69, 9.17) is 4.74 Å². The van der Waals surface area contributed by atoms with Crippen molar-refractivity contribution < 1.29 is 9.66 Å². The minimum absolute atomic E-state index is 0.0423. The Kier molecular flexibility index (Phi) is 4.91. The fraction of sp³-hybridized carbons (Fsp3) is 0.300. The number of allylic oxidation sites excluding steroid dienone is 1. The van der Waals surface area contributed by atoms with Crippen molar-refractivity contribution in [3.05, 3.63) is 34.0 Å². The molecule has 0 aliphatic rings. The molecule has 16 heavy (non-hydrogen) atoms. The molecule has 0 aliphatic heterocycles. The van der Waals surface area contributed by atoms with Crippen molar-refractivity contribution in [3.8, 4) is 5.88 Å². The molecule has 86 valence electrons. The number of rotatable bonds is 5. The molecule has 0 bridgehead atoms. The molecule has 0 aromatic carbocycles. The van der Waals surface area contributed by atoms with E-state index in [0.29, 0.717) is 11.4 Å². The monoisotopic (exact) mass is 286 g/mol. The lowest BCUT2D eigenvalue weighted by Crippen LogP contribution is -1.94. The van der Waals surface area contributed by atoms with Gasteiger partial charge in [-0.3, -0.25) is 10.1 Å². The minimum Gasteiger partial charge on any atom is -0.481 e. The average molecular weight is 287 g/mol. The van der Waals surface area contributed by atoms with Crippen LogP contribution in [0.3, 0.4) is 0 Å². The van der Waals surface area contributed by atoms with Gasteiger partial charge in [-0.25, -0.2) is 4.98 Å². The molecule has 0 radical (unpaired) electrons. The fourth-order valence-electron chi connectivity index (χ4n) is 1.12. The molecule has 1 heterocycles. The second-order valence-corrected chi connectivity index (χ2v) is 3.72. The third kappa shape index (κ3) is 3.30. The molecule has 0 atom stereocenters. The number of alkyl halides is 1. The van der Waals surface area contributed by atoms with Gasteiger partial charge in [0.1, 0.15) is 6.20 Å². The molecular weight excluding hydrogens is 276 g/mol. The molecule has 0 fully saturated rings. The number of nitrogens with zero attached hydrogens (tertiary/aromatic N) is 2. The molecule has 0 unspecified atom stereocenters. The summed E-state index contributed by atoms with van der Waals surface area (Å²) in [6.45, 7) is 0.